The lowest BCUT2D eigenvalue weighted by molar-refractivity contribution is 0.0356. The summed E-state index contributed by atoms with van der Waals surface area (Å²) in [5.74, 6) is 5.89. The van der Waals surface area contributed by atoms with Crippen LogP contribution in [0.3, 0.4) is 0 Å². The third-order valence-electron chi connectivity index (χ3n) is 14.9. The van der Waals surface area contributed by atoms with Crippen molar-refractivity contribution in [3.05, 3.63) is 210 Å². The predicted octanol–water partition coefficient (Wildman–Crippen LogP) is 13.6. The van der Waals surface area contributed by atoms with Gasteiger partial charge in [0.2, 0.25) is 0 Å². The first-order chi connectivity index (χ1) is 30.1. The molecule has 4 nitrogen and oxygen atoms in total. The van der Waals surface area contributed by atoms with Crippen molar-refractivity contribution in [3.63, 3.8) is 0 Å². The largest absolute Gasteiger partial charge is 0.456 e. The molecule has 61 heavy (non-hydrogen) atoms. The van der Waals surface area contributed by atoms with E-state index < -0.39 is 5.41 Å². The fraction of sp³-hybridized carbons (Fsp3) is 0.175. The lowest BCUT2D eigenvalue weighted by Crippen LogP contribution is -2.50. The molecule has 6 aliphatic rings. The predicted molar refractivity (Wildman–Crippen MR) is 243 cm³/mol. The number of hydrogen-bond acceptors (Lipinski definition) is 4. The molecule has 4 fully saturated rings. The molecule has 4 saturated carbocycles. The number of ether oxygens (including phenoxy) is 1. The van der Waals surface area contributed by atoms with Gasteiger partial charge in [-0.3, -0.25) is 0 Å². The number of allylic oxidation sites excluding steroid dienone is 1. The minimum atomic E-state index is -0.551. The van der Waals surface area contributed by atoms with E-state index in [1.807, 2.05) is 0 Å². The Labute approximate surface area is 356 Å². The second kappa shape index (κ2) is 13.0. The SMILES string of the molecule is C=C1C2CC3C[C@@H]1CC(c1nc(-c4ccc(-c5ccccc5)cc4)nc(-c4ccccc4-c4cccc5c4Oc4ccccc4C54c5ccccc5-c5ccccc54)n1)(C3)C2. The number of hydrogen-bond donors (Lipinski definition) is 0. The summed E-state index contributed by atoms with van der Waals surface area (Å²) in [5.41, 5.74) is 14.6. The van der Waals surface area contributed by atoms with Crippen LogP contribution in [0.2, 0.25) is 0 Å². The van der Waals surface area contributed by atoms with Gasteiger partial charge in [-0.15, -0.1) is 0 Å². The minimum absolute atomic E-state index is 0.0859. The van der Waals surface area contributed by atoms with Crippen molar-refractivity contribution >= 4 is 0 Å². The second-order valence-corrected chi connectivity index (χ2v) is 18.1. The van der Waals surface area contributed by atoms with Crippen molar-refractivity contribution in [2.24, 2.45) is 17.8 Å². The summed E-state index contributed by atoms with van der Waals surface area (Å²) in [6, 6.07) is 61.0. The molecular weight excluding hydrogens is 743 g/mol. The number of aromatic nitrogens is 3. The minimum Gasteiger partial charge on any atom is -0.456 e. The van der Waals surface area contributed by atoms with E-state index in [4.69, 9.17) is 19.7 Å². The summed E-state index contributed by atoms with van der Waals surface area (Å²) in [4.78, 5) is 16.4. The molecule has 1 spiro atoms. The fourth-order valence-corrected chi connectivity index (χ4v) is 12.5. The maximum atomic E-state index is 7.15. The standard InChI is InChI=1S/C57H43N3O/c1-35-40-30-36-31-41(35)34-56(32-36,33-40)55-59-53(39-28-26-38(27-29-39)37-14-3-2-4-15-37)58-54(60-55)46-19-6-5-16-42(46)45-20-13-24-50-52(45)61-51-25-12-11-23-49(51)57(50)47-21-9-7-17-43(47)44-18-8-10-22-48(44)57/h2-29,36,40-41H,1,30-34H2/t36?,40-,41?,56?/m1/s1. The molecule has 2 heterocycles. The number of benzene rings is 7. The lowest BCUT2D eigenvalue weighted by Gasteiger charge is -2.57. The van der Waals surface area contributed by atoms with Crippen LogP contribution < -0.4 is 4.74 Å². The van der Waals surface area contributed by atoms with Crippen molar-refractivity contribution in [1.82, 2.24) is 15.0 Å². The van der Waals surface area contributed by atoms with Gasteiger partial charge in [0, 0.05) is 33.2 Å². The maximum absolute atomic E-state index is 7.15. The summed E-state index contributed by atoms with van der Waals surface area (Å²) in [7, 11) is 0. The van der Waals surface area contributed by atoms with Crippen LogP contribution in [0.4, 0.5) is 0 Å². The van der Waals surface area contributed by atoms with Gasteiger partial charge >= 0.3 is 0 Å². The highest BCUT2D eigenvalue weighted by Gasteiger charge is 2.55. The first-order valence-corrected chi connectivity index (χ1v) is 21.9. The van der Waals surface area contributed by atoms with Crippen molar-refractivity contribution in [2.45, 2.75) is 42.9 Å². The summed E-state index contributed by atoms with van der Waals surface area (Å²) in [5, 5.41) is 0. The molecule has 8 aromatic rings. The number of nitrogens with zero attached hydrogens (tertiary/aromatic N) is 3. The van der Waals surface area contributed by atoms with Gasteiger partial charge in [0.15, 0.2) is 11.6 Å². The molecule has 14 rings (SSSR count). The van der Waals surface area contributed by atoms with Gasteiger partial charge in [0.05, 0.1) is 5.41 Å². The zero-order chi connectivity index (χ0) is 40.3. The molecule has 4 bridgehead atoms. The molecule has 1 aromatic heterocycles. The molecule has 5 aliphatic carbocycles. The van der Waals surface area contributed by atoms with E-state index in [1.165, 1.54) is 51.8 Å². The van der Waals surface area contributed by atoms with Crippen molar-refractivity contribution in [1.29, 1.82) is 0 Å². The Hall–Kier alpha value is -6.91. The Bertz CT molecular complexity index is 3030. The molecule has 4 atom stereocenters. The highest BCUT2D eigenvalue weighted by molar-refractivity contribution is 5.92. The summed E-state index contributed by atoms with van der Waals surface area (Å²) < 4.78 is 7.15. The molecule has 0 radical (unpaired) electrons. The average molecular weight is 786 g/mol. The van der Waals surface area contributed by atoms with Gasteiger partial charge in [0.25, 0.3) is 0 Å². The number of rotatable bonds is 5. The molecule has 1 aliphatic heterocycles. The van der Waals surface area contributed by atoms with Crippen molar-refractivity contribution in [2.75, 3.05) is 0 Å². The van der Waals surface area contributed by atoms with Gasteiger partial charge in [-0.05, 0) is 94.9 Å². The first-order valence-electron chi connectivity index (χ1n) is 21.9. The molecule has 0 amide bonds. The summed E-state index contributed by atoms with van der Waals surface area (Å²) in [6.45, 7) is 4.62. The van der Waals surface area contributed by atoms with Gasteiger partial charge in [-0.2, -0.15) is 0 Å². The van der Waals surface area contributed by atoms with Gasteiger partial charge in [0.1, 0.15) is 17.3 Å². The van der Waals surface area contributed by atoms with Crippen molar-refractivity contribution in [3.8, 4) is 67.7 Å². The molecule has 0 N–H and O–H groups in total. The monoisotopic (exact) mass is 785 g/mol. The Balaban J connectivity index is 1.01. The van der Waals surface area contributed by atoms with Gasteiger partial charge in [-0.25, -0.2) is 15.0 Å². The zero-order valence-corrected chi connectivity index (χ0v) is 33.9. The topological polar surface area (TPSA) is 47.9 Å². The lowest BCUT2D eigenvalue weighted by atomic mass is 9.48. The van der Waals surface area contributed by atoms with E-state index in [-0.39, 0.29) is 5.41 Å². The van der Waals surface area contributed by atoms with E-state index in [2.05, 4.69) is 176 Å². The van der Waals surface area contributed by atoms with Gasteiger partial charge in [-0.1, -0.05) is 176 Å². The van der Waals surface area contributed by atoms with E-state index in [1.54, 1.807) is 0 Å². The van der Waals surface area contributed by atoms with Crippen LogP contribution in [-0.4, -0.2) is 15.0 Å². The van der Waals surface area contributed by atoms with Crippen LogP contribution in [-0.2, 0) is 10.8 Å². The molecule has 4 heteroatoms. The Morgan fingerprint density at radius 1 is 0.443 bits per heavy atom. The normalized spacial score (nSPS) is 22.0. The fourth-order valence-electron chi connectivity index (χ4n) is 12.5. The zero-order valence-electron chi connectivity index (χ0n) is 33.9. The van der Waals surface area contributed by atoms with Crippen LogP contribution in [0.5, 0.6) is 11.5 Å². The third-order valence-corrected chi connectivity index (χ3v) is 14.9. The summed E-state index contributed by atoms with van der Waals surface area (Å²) in [6.07, 6.45) is 5.78. The first kappa shape index (κ1) is 34.9. The maximum Gasteiger partial charge on any atom is 0.164 e. The quantitative estimate of drug-likeness (QED) is 0.163. The highest BCUT2D eigenvalue weighted by atomic mass is 16.5. The highest BCUT2D eigenvalue weighted by Crippen LogP contribution is 2.64. The van der Waals surface area contributed by atoms with E-state index in [9.17, 15) is 0 Å². The van der Waals surface area contributed by atoms with Crippen LogP contribution in [0, 0.1) is 17.8 Å². The Morgan fingerprint density at radius 2 is 0.984 bits per heavy atom. The Morgan fingerprint density at radius 3 is 1.70 bits per heavy atom. The second-order valence-electron chi connectivity index (χ2n) is 18.1. The van der Waals surface area contributed by atoms with Gasteiger partial charge < -0.3 is 4.74 Å². The molecule has 0 saturated heterocycles. The smallest absolute Gasteiger partial charge is 0.164 e. The number of para-hydroxylation sites is 2. The molecule has 7 aromatic carbocycles. The summed E-state index contributed by atoms with van der Waals surface area (Å²) >= 11 is 0. The molecular formula is C57H43N3O. The molecule has 3 unspecified atom stereocenters. The van der Waals surface area contributed by atoms with E-state index in [0.29, 0.717) is 23.6 Å². The van der Waals surface area contributed by atoms with E-state index in [0.717, 1.165) is 75.8 Å². The van der Waals surface area contributed by atoms with Crippen LogP contribution in [0.25, 0.3) is 56.2 Å². The average Bonchev–Trinajstić information content (AvgIpc) is 3.61. The third kappa shape index (κ3) is 5.02. The van der Waals surface area contributed by atoms with Crippen LogP contribution >= 0.6 is 0 Å². The Kier molecular flexibility index (Phi) is 7.46. The van der Waals surface area contributed by atoms with Crippen LogP contribution in [0.15, 0.2) is 182 Å². The number of fused-ring (bicyclic) bond motifs is 9. The molecule has 292 valence electrons. The van der Waals surface area contributed by atoms with Crippen LogP contribution in [0.1, 0.15) is 60.2 Å². The van der Waals surface area contributed by atoms with E-state index >= 15 is 0 Å². The van der Waals surface area contributed by atoms with Crippen molar-refractivity contribution < 1.29 is 4.74 Å².